The smallest absolute Gasteiger partial charge is 0.261 e. The van der Waals surface area contributed by atoms with Gasteiger partial charge in [-0.3, -0.25) is 14.8 Å². The number of hydrogen-bond acceptors (Lipinski definition) is 7. The Morgan fingerprint density at radius 3 is 2.41 bits per heavy atom. The van der Waals surface area contributed by atoms with Crippen molar-refractivity contribution in [2.45, 2.75) is 4.90 Å². The molecule has 1 heterocycles. The van der Waals surface area contributed by atoms with E-state index in [0.717, 1.165) is 5.56 Å². The van der Waals surface area contributed by atoms with Gasteiger partial charge in [-0.05, 0) is 42.5 Å². The van der Waals surface area contributed by atoms with Gasteiger partial charge >= 0.3 is 0 Å². The predicted octanol–water partition coefficient (Wildman–Crippen LogP) is 4.88. The number of sulfonamides is 1. The molecular weight excluding hydrogens is 474 g/mol. The van der Waals surface area contributed by atoms with Crippen molar-refractivity contribution < 1.29 is 22.7 Å². The first kappa shape index (κ1) is 23.3. The molecule has 174 valence electrons. The third-order valence-electron chi connectivity index (χ3n) is 4.88. The largest absolute Gasteiger partial charge is 0.497 e. The highest BCUT2D eigenvalue weighted by atomic mass is 32.2. The Balaban J connectivity index is 1.57. The lowest BCUT2D eigenvalue weighted by atomic mass is 10.1. The summed E-state index contributed by atoms with van der Waals surface area (Å²) in [6.45, 7) is 0. The number of hydrogen-bond donors (Lipinski definition) is 2. The zero-order valence-electron chi connectivity index (χ0n) is 18.3. The Labute approximate surface area is 201 Å². The summed E-state index contributed by atoms with van der Waals surface area (Å²) in [6, 6.07) is 19.7. The van der Waals surface area contributed by atoms with Gasteiger partial charge in [0.2, 0.25) is 0 Å². The zero-order chi connectivity index (χ0) is 24.1. The summed E-state index contributed by atoms with van der Waals surface area (Å²) in [5, 5.41) is 4.88. The van der Waals surface area contributed by atoms with Crippen molar-refractivity contribution in [3.63, 3.8) is 0 Å². The topological polar surface area (TPSA) is 107 Å². The number of nitrogens with zero attached hydrogens (tertiary/aromatic N) is 1. The number of ether oxygens (including phenoxy) is 2. The zero-order valence-corrected chi connectivity index (χ0v) is 19.9. The van der Waals surface area contributed by atoms with E-state index in [9.17, 15) is 13.2 Å². The molecule has 0 spiro atoms. The molecule has 0 radical (unpaired) electrons. The summed E-state index contributed by atoms with van der Waals surface area (Å²) < 4.78 is 38.7. The summed E-state index contributed by atoms with van der Waals surface area (Å²) in [5.41, 5.74) is 1.65. The van der Waals surface area contributed by atoms with Crippen molar-refractivity contribution in [3.8, 4) is 22.8 Å². The molecule has 1 amide bonds. The van der Waals surface area contributed by atoms with E-state index in [2.05, 4.69) is 15.0 Å². The minimum absolute atomic E-state index is 0.0991. The van der Waals surface area contributed by atoms with E-state index in [1.165, 1.54) is 35.6 Å². The number of methoxy groups -OCH3 is 2. The molecule has 0 aliphatic rings. The van der Waals surface area contributed by atoms with Crippen LogP contribution in [0.15, 0.2) is 83.1 Å². The number of carbonyl (C=O) groups excluding carboxylic acids is 1. The molecule has 3 aromatic carbocycles. The van der Waals surface area contributed by atoms with E-state index in [-0.39, 0.29) is 16.1 Å². The second-order valence-corrected chi connectivity index (χ2v) is 9.56. The van der Waals surface area contributed by atoms with Gasteiger partial charge in [0.25, 0.3) is 15.9 Å². The predicted molar refractivity (Wildman–Crippen MR) is 132 cm³/mol. The van der Waals surface area contributed by atoms with E-state index >= 15 is 0 Å². The van der Waals surface area contributed by atoms with Crippen molar-refractivity contribution in [1.29, 1.82) is 0 Å². The number of anilines is 2. The average Bonchev–Trinajstić information content (AvgIpc) is 3.32. The van der Waals surface area contributed by atoms with E-state index in [1.807, 2.05) is 0 Å². The molecular formula is C24H21N3O5S2. The van der Waals surface area contributed by atoms with E-state index in [4.69, 9.17) is 9.47 Å². The van der Waals surface area contributed by atoms with Gasteiger partial charge in [0, 0.05) is 10.9 Å². The quantitative estimate of drug-likeness (QED) is 0.361. The van der Waals surface area contributed by atoms with Crippen LogP contribution in [0.1, 0.15) is 10.4 Å². The lowest BCUT2D eigenvalue weighted by Crippen LogP contribution is -2.18. The normalized spacial score (nSPS) is 11.0. The number of rotatable bonds is 8. The fraction of sp³-hybridized carbons (Fsp3) is 0.0833. The second-order valence-electron chi connectivity index (χ2n) is 7.02. The Kier molecular flexibility index (Phi) is 6.80. The van der Waals surface area contributed by atoms with E-state index < -0.39 is 15.9 Å². The maximum atomic E-state index is 13.0. The number of thiazole rings is 1. The first-order chi connectivity index (χ1) is 16.4. The first-order valence-corrected chi connectivity index (χ1v) is 12.4. The van der Waals surface area contributed by atoms with Crippen LogP contribution < -0.4 is 19.5 Å². The molecule has 34 heavy (non-hydrogen) atoms. The average molecular weight is 496 g/mol. The lowest BCUT2D eigenvalue weighted by molar-refractivity contribution is 0.102. The third-order valence-corrected chi connectivity index (χ3v) is 7.02. The summed E-state index contributed by atoms with van der Waals surface area (Å²) in [6.07, 6.45) is 0. The SMILES string of the molecule is COc1ccc(OC)c(-c2csc(NC(=O)c3ccccc3NS(=O)(=O)c3ccccc3)n2)c1. The number of carbonyl (C=O) groups is 1. The minimum atomic E-state index is -3.86. The maximum absolute atomic E-state index is 13.0. The molecule has 1 aromatic heterocycles. The standard InChI is InChI=1S/C24H21N3O5S2/c1-31-16-12-13-22(32-2)19(14-16)21-15-33-24(25-21)26-23(28)18-10-6-7-11-20(18)27-34(29,30)17-8-4-3-5-9-17/h3-15,27H,1-2H3,(H,25,26,28). The second kappa shape index (κ2) is 9.94. The molecule has 8 nitrogen and oxygen atoms in total. The highest BCUT2D eigenvalue weighted by molar-refractivity contribution is 7.92. The number of amides is 1. The summed E-state index contributed by atoms with van der Waals surface area (Å²) in [7, 11) is -0.723. The van der Waals surface area contributed by atoms with Crippen molar-refractivity contribution in [3.05, 3.63) is 83.7 Å². The molecule has 0 aliphatic heterocycles. The number of nitrogens with one attached hydrogen (secondary N) is 2. The van der Waals surface area contributed by atoms with E-state index in [1.54, 1.807) is 68.1 Å². The summed E-state index contributed by atoms with van der Waals surface area (Å²) >= 11 is 1.24. The van der Waals surface area contributed by atoms with Gasteiger partial charge in [0.1, 0.15) is 11.5 Å². The fourth-order valence-corrected chi connectivity index (χ4v) is 5.01. The Morgan fingerprint density at radius 1 is 0.941 bits per heavy atom. The van der Waals surface area contributed by atoms with Crippen molar-refractivity contribution in [2.75, 3.05) is 24.3 Å². The molecule has 0 fully saturated rings. The molecule has 0 saturated carbocycles. The van der Waals surface area contributed by atoms with Gasteiger partial charge < -0.3 is 9.47 Å². The van der Waals surface area contributed by atoms with Crippen LogP contribution in [0.5, 0.6) is 11.5 Å². The lowest BCUT2D eigenvalue weighted by Gasteiger charge is -2.12. The van der Waals surface area contributed by atoms with Gasteiger partial charge in [-0.25, -0.2) is 13.4 Å². The van der Waals surface area contributed by atoms with Crippen molar-refractivity contribution in [1.82, 2.24) is 4.98 Å². The third kappa shape index (κ3) is 5.03. The van der Waals surface area contributed by atoms with Crippen LogP contribution in [0.3, 0.4) is 0 Å². The Hall–Kier alpha value is -3.89. The molecule has 0 aliphatic carbocycles. The molecule has 0 atom stereocenters. The van der Waals surface area contributed by atoms with Crippen LogP contribution in [0.25, 0.3) is 11.3 Å². The molecule has 4 aromatic rings. The molecule has 0 bridgehead atoms. The van der Waals surface area contributed by atoms with Crippen molar-refractivity contribution in [2.24, 2.45) is 0 Å². The van der Waals surface area contributed by atoms with Gasteiger partial charge in [0.05, 0.1) is 36.1 Å². The first-order valence-electron chi connectivity index (χ1n) is 10.1. The van der Waals surface area contributed by atoms with Crippen LogP contribution in [0.4, 0.5) is 10.8 Å². The van der Waals surface area contributed by atoms with Crippen LogP contribution in [0, 0.1) is 0 Å². The molecule has 2 N–H and O–H groups in total. The minimum Gasteiger partial charge on any atom is -0.497 e. The van der Waals surface area contributed by atoms with Gasteiger partial charge in [-0.2, -0.15) is 0 Å². The molecule has 0 unspecified atom stereocenters. The maximum Gasteiger partial charge on any atom is 0.261 e. The monoisotopic (exact) mass is 495 g/mol. The van der Waals surface area contributed by atoms with Crippen LogP contribution in [0.2, 0.25) is 0 Å². The number of benzene rings is 3. The molecule has 4 rings (SSSR count). The molecule has 10 heteroatoms. The van der Waals surface area contributed by atoms with Crippen LogP contribution in [-0.4, -0.2) is 33.5 Å². The Morgan fingerprint density at radius 2 is 1.68 bits per heavy atom. The van der Waals surface area contributed by atoms with Crippen LogP contribution >= 0.6 is 11.3 Å². The van der Waals surface area contributed by atoms with Gasteiger partial charge in [-0.1, -0.05) is 30.3 Å². The highest BCUT2D eigenvalue weighted by Gasteiger charge is 2.19. The van der Waals surface area contributed by atoms with Gasteiger partial charge in [-0.15, -0.1) is 11.3 Å². The number of para-hydroxylation sites is 1. The number of aromatic nitrogens is 1. The highest BCUT2D eigenvalue weighted by Crippen LogP contribution is 2.35. The summed E-state index contributed by atoms with van der Waals surface area (Å²) in [4.78, 5) is 17.6. The van der Waals surface area contributed by atoms with Gasteiger partial charge in [0.15, 0.2) is 5.13 Å². The van der Waals surface area contributed by atoms with Crippen LogP contribution in [-0.2, 0) is 10.0 Å². The van der Waals surface area contributed by atoms with Crippen molar-refractivity contribution >= 4 is 38.1 Å². The van der Waals surface area contributed by atoms with E-state index in [0.29, 0.717) is 22.3 Å². The summed E-state index contributed by atoms with van der Waals surface area (Å²) in [5.74, 6) is 0.767. The Bertz CT molecular complexity index is 1420. The molecule has 0 saturated heterocycles. The fourth-order valence-electron chi connectivity index (χ4n) is 3.21.